The molecule has 2 aromatic rings. The van der Waals surface area contributed by atoms with Gasteiger partial charge in [0, 0.05) is 18.8 Å². The Morgan fingerprint density at radius 1 is 1.21 bits per heavy atom. The van der Waals surface area contributed by atoms with Gasteiger partial charge in [-0.2, -0.15) is 0 Å². The highest BCUT2D eigenvalue weighted by molar-refractivity contribution is 6.06. The molecule has 0 atom stereocenters. The van der Waals surface area contributed by atoms with Crippen LogP contribution in [0.3, 0.4) is 0 Å². The van der Waals surface area contributed by atoms with E-state index < -0.39 is 0 Å². The summed E-state index contributed by atoms with van der Waals surface area (Å²) < 4.78 is 0. The Morgan fingerprint density at radius 2 is 1.95 bits per heavy atom. The highest BCUT2D eigenvalue weighted by Gasteiger charge is 2.16. The first-order valence-electron chi connectivity index (χ1n) is 6.21. The van der Waals surface area contributed by atoms with Gasteiger partial charge in [0.15, 0.2) is 0 Å². The molecule has 0 aliphatic carbocycles. The predicted molar refractivity (Wildman–Crippen MR) is 76.2 cm³/mol. The lowest BCUT2D eigenvalue weighted by atomic mass is 10.0. The molecule has 0 aliphatic heterocycles. The number of hydrogen-bond donors (Lipinski definition) is 1. The third kappa shape index (κ3) is 2.98. The fourth-order valence-corrected chi connectivity index (χ4v) is 1.94. The monoisotopic (exact) mass is 255 g/mol. The highest BCUT2D eigenvalue weighted by atomic mass is 16.2. The largest absolute Gasteiger partial charge is 0.330 e. The average molecular weight is 255 g/mol. The molecule has 0 aliphatic rings. The van der Waals surface area contributed by atoms with E-state index in [4.69, 9.17) is 5.73 Å². The fourth-order valence-electron chi connectivity index (χ4n) is 1.94. The molecule has 0 spiro atoms. The molecular formula is C15H17N3O. The summed E-state index contributed by atoms with van der Waals surface area (Å²) in [6, 6.07) is 13.0. The van der Waals surface area contributed by atoms with Gasteiger partial charge in [-0.3, -0.25) is 9.69 Å². The molecule has 0 bridgehead atoms. The van der Waals surface area contributed by atoms with Crippen LogP contribution in [0.5, 0.6) is 0 Å². The number of carbonyl (C=O) groups is 1. The summed E-state index contributed by atoms with van der Waals surface area (Å²) in [6.45, 7) is 0.525. The molecule has 0 unspecified atom stereocenters. The normalized spacial score (nSPS) is 10.2. The number of nitrogens with zero attached hydrogens (tertiary/aromatic N) is 2. The van der Waals surface area contributed by atoms with E-state index in [0.717, 1.165) is 5.56 Å². The highest BCUT2D eigenvalue weighted by Crippen LogP contribution is 2.15. The number of aromatic nitrogens is 1. The minimum absolute atomic E-state index is 0.0669. The van der Waals surface area contributed by atoms with Crippen LogP contribution in [-0.4, -0.2) is 24.5 Å². The lowest BCUT2D eigenvalue weighted by Gasteiger charge is -2.18. The molecule has 1 aromatic carbocycles. The zero-order valence-electron chi connectivity index (χ0n) is 10.9. The molecule has 2 N–H and O–H groups in total. The van der Waals surface area contributed by atoms with Crippen LogP contribution in [0, 0.1) is 0 Å². The van der Waals surface area contributed by atoms with E-state index in [1.807, 2.05) is 42.5 Å². The summed E-state index contributed by atoms with van der Waals surface area (Å²) in [5.74, 6) is 0.567. The molecule has 0 saturated carbocycles. The molecule has 1 amide bonds. The van der Waals surface area contributed by atoms with E-state index >= 15 is 0 Å². The molecule has 2 rings (SSSR count). The van der Waals surface area contributed by atoms with Crippen molar-refractivity contribution in [2.45, 2.75) is 6.42 Å². The van der Waals surface area contributed by atoms with Crippen LogP contribution in [0.15, 0.2) is 48.7 Å². The second-order valence-electron chi connectivity index (χ2n) is 4.25. The first-order chi connectivity index (χ1) is 9.24. The number of pyridine rings is 1. The van der Waals surface area contributed by atoms with E-state index in [0.29, 0.717) is 24.3 Å². The topological polar surface area (TPSA) is 59.2 Å². The van der Waals surface area contributed by atoms with Gasteiger partial charge in [0.25, 0.3) is 5.91 Å². The molecular weight excluding hydrogens is 238 g/mol. The van der Waals surface area contributed by atoms with Crippen molar-refractivity contribution in [1.82, 2.24) is 4.98 Å². The van der Waals surface area contributed by atoms with Gasteiger partial charge in [-0.15, -0.1) is 0 Å². The number of hydrogen-bond acceptors (Lipinski definition) is 3. The van der Waals surface area contributed by atoms with Crippen molar-refractivity contribution in [3.63, 3.8) is 0 Å². The molecule has 98 valence electrons. The quantitative estimate of drug-likeness (QED) is 0.907. The standard InChI is InChI=1S/C15H17N3O/c1-18(14-8-4-5-11-17-14)15(19)13-7-3-2-6-12(13)9-10-16/h2-8,11H,9-10,16H2,1H3. The molecule has 4 nitrogen and oxygen atoms in total. The Labute approximate surface area is 112 Å². The van der Waals surface area contributed by atoms with E-state index in [2.05, 4.69) is 4.98 Å². The van der Waals surface area contributed by atoms with Crippen LogP contribution in [0.4, 0.5) is 5.82 Å². The van der Waals surface area contributed by atoms with Crippen molar-refractivity contribution in [2.24, 2.45) is 5.73 Å². The summed E-state index contributed by atoms with van der Waals surface area (Å²) in [5, 5.41) is 0. The number of carbonyl (C=O) groups excluding carboxylic acids is 1. The molecule has 1 aromatic heterocycles. The number of rotatable bonds is 4. The van der Waals surface area contributed by atoms with Crippen LogP contribution in [0.2, 0.25) is 0 Å². The van der Waals surface area contributed by atoms with Gasteiger partial charge < -0.3 is 5.73 Å². The summed E-state index contributed by atoms with van der Waals surface area (Å²) >= 11 is 0. The SMILES string of the molecule is CN(C(=O)c1ccccc1CCN)c1ccccn1. The number of benzene rings is 1. The third-order valence-corrected chi connectivity index (χ3v) is 2.96. The Morgan fingerprint density at radius 3 is 2.63 bits per heavy atom. The van der Waals surface area contributed by atoms with Gasteiger partial charge in [-0.05, 0) is 36.7 Å². The maximum Gasteiger partial charge on any atom is 0.259 e. The number of anilines is 1. The summed E-state index contributed by atoms with van der Waals surface area (Å²) in [5.41, 5.74) is 7.23. The predicted octanol–water partition coefficient (Wildman–Crippen LogP) is 1.86. The van der Waals surface area contributed by atoms with Crippen molar-refractivity contribution in [2.75, 3.05) is 18.5 Å². The smallest absolute Gasteiger partial charge is 0.259 e. The third-order valence-electron chi connectivity index (χ3n) is 2.96. The van der Waals surface area contributed by atoms with Crippen molar-refractivity contribution < 1.29 is 4.79 Å². The van der Waals surface area contributed by atoms with E-state index in [1.165, 1.54) is 0 Å². The van der Waals surface area contributed by atoms with E-state index in [1.54, 1.807) is 18.1 Å². The van der Waals surface area contributed by atoms with Crippen LogP contribution in [0.1, 0.15) is 15.9 Å². The minimum Gasteiger partial charge on any atom is -0.330 e. The van der Waals surface area contributed by atoms with Crippen molar-refractivity contribution >= 4 is 11.7 Å². The Kier molecular flexibility index (Phi) is 4.26. The number of nitrogens with two attached hydrogens (primary N) is 1. The van der Waals surface area contributed by atoms with E-state index in [-0.39, 0.29) is 5.91 Å². The average Bonchev–Trinajstić information content (AvgIpc) is 2.47. The minimum atomic E-state index is -0.0669. The number of amides is 1. The molecule has 0 fully saturated rings. The van der Waals surface area contributed by atoms with Gasteiger partial charge in [-0.1, -0.05) is 24.3 Å². The fraction of sp³-hybridized carbons (Fsp3) is 0.200. The lowest BCUT2D eigenvalue weighted by molar-refractivity contribution is 0.0991. The second-order valence-corrected chi connectivity index (χ2v) is 4.25. The molecule has 0 radical (unpaired) electrons. The first-order valence-corrected chi connectivity index (χ1v) is 6.21. The molecule has 19 heavy (non-hydrogen) atoms. The zero-order valence-corrected chi connectivity index (χ0v) is 10.9. The second kappa shape index (κ2) is 6.11. The van der Waals surface area contributed by atoms with Gasteiger partial charge in [0.1, 0.15) is 5.82 Å². The molecule has 0 saturated heterocycles. The zero-order chi connectivity index (χ0) is 13.7. The molecule has 1 heterocycles. The first kappa shape index (κ1) is 13.2. The Hall–Kier alpha value is -2.20. The summed E-state index contributed by atoms with van der Waals surface area (Å²) in [4.78, 5) is 18.2. The van der Waals surface area contributed by atoms with Gasteiger partial charge in [-0.25, -0.2) is 4.98 Å². The summed E-state index contributed by atoms with van der Waals surface area (Å²) in [6.07, 6.45) is 2.36. The summed E-state index contributed by atoms with van der Waals surface area (Å²) in [7, 11) is 1.73. The van der Waals surface area contributed by atoms with Crippen molar-refractivity contribution in [3.05, 3.63) is 59.8 Å². The van der Waals surface area contributed by atoms with Crippen molar-refractivity contribution in [1.29, 1.82) is 0 Å². The van der Waals surface area contributed by atoms with Crippen LogP contribution < -0.4 is 10.6 Å². The Bertz CT molecular complexity index is 554. The van der Waals surface area contributed by atoms with Crippen LogP contribution >= 0.6 is 0 Å². The maximum absolute atomic E-state index is 12.5. The van der Waals surface area contributed by atoms with Crippen molar-refractivity contribution in [3.8, 4) is 0 Å². The van der Waals surface area contributed by atoms with Gasteiger partial charge >= 0.3 is 0 Å². The van der Waals surface area contributed by atoms with Gasteiger partial charge in [0.05, 0.1) is 0 Å². The molecule has 4 heteroatoms. The van der Waals surface area contributed by atoms with Gasteiger partial charge in [0.2, 0.25) is 0 Å². The lowest BCUT2D eigenvalue weighted by Crippen LogP contribution is -2.28. The van der Waals surface area contributed by atoms with Crippen LogP contribution in [-0.2, 0) is 6.42 Å². The Balaban J connectivity index is 2.29. The van der Waals surface area contributed by atoms with Crippen LogP contribution in [0.25, 0.3) is 0 Å². The van der Waals surface area contributed by atoms with E-state index in [9.17, 15) is 4.79 Å². The maximum atomic E-state index is 12.5.